The zero-order chi connectivity index (χ0) is 46.3. The average molecular weight is 931 g/mol. The van der Waals surface area contributed by atoms with Crippen molar-refractivity contribution in [2.45, 2.75) is 96.0 Å². The quantitative estimate of drug-likeness (QED) is 0.0268. The molecule has 0 fully saturated rings. The molecule has 4 aromatic heterocycles. The molecule has 0 radical (unpaired) electrons. The summed E-state index contributed by atoms with van der Waals surface area (Å²) in [5.74, 6) is -9.33. The molecule has 0 amide bonds. The smallest absolute Gasteiger partial charge is 0.246 e. The summed E-state index contributed by atoms with van der Waals surface area (Å²) in [5, 5.41) is 1.90. The Bertz CT molecular complexity index is 3010. The maximum absolute atomic E-state index is 13.9. The Labute approximate surface area is 367 Å². The van der Waals surface area contributed by atoms with Crippen molar-refractivity contribution in [2.24, 2.45) is 0 Å². The number of hydrogen-bond acceptors (Lipinski definition) is 10. The van der Waals surface area contributed by atoms with Crippen LogP contribution in [0.25, 0.3) is 43.9 Å². The second-order valence-corrected chi connectivity index (χ2v) is 18.9. The number of pyridine rings is 2. The molecule has 6 N–H and O–H groups in total. The molecule has 3 aromatic carbocycles. The Hall–Kier alpha value is -5.51. The normalized spacial score (nSPS) is 12.2. The molecule has 4 heterocycles. The molecular formula is C43H51F5N10O4S2. The molecule has 0 aliphatic carbocycles. The number of anilines is 2. The Balaban J connectivity index is 0.000000223. The van der Waals surface area contributed by atoms with E-state index in [2.05, 4.69) is 39.2 Å². The number of hydrogen-bond donors (Lipinski definition) is 4. The van der Waals surface area contributed by atoms with Gasteiger partial charge in [-0.25, -0.2) is 68.2 Å². The van der Waals surface area contributed by atoms with Crippen molar-refractivity contribution in [3.05, 3.63) is 89.3 Å². The Kier molecular flexibility index (Phi) is 15.4. The summed E-state index contributed by atoms with van der Waals surface area (Å²) in [7, 11) is -8.14. The number of para-hydroxylation sites is 2. The van der Waals surface area contributed by atoms with E-state index >= 15 is 0 Å². The van der Waals surface area contributed by atoms with Crippen molar-refractivity contribution >= 4 is 75.6 Å². The first kappa shape index (κ1) is 48.0. The molecule has 7 aromatic rings. The molecule has 21 heteroatoms. The van der Waals surface area contributed by atoms with Gasteiger partial charge >= 0.3 is 0 Å². The molecule has 344 valence electrons. The van der Waals surface area contributed by atoms with Gasteiger partial charge in [-0.05, 0) is 50.7 Å². The molecular weight excluding hydrogens is 880 g/mol. The minimum atomic E-state index is -5.00. The summed E-state index contributed by atoms with van der Waals surface area (Å²) in [5.41, 5.74) is 17.1. The lowest BCUT2D eigenvalue weighted by atomic mass is 10.2. The van der Waals surface area contributed by atoms with E-state index in [1.165, 1.54) is 6.26 Å². The van der Waals surface area contributed by atoms with Gasteiger partial charge < -0.3 is 20.6 Å². The van der Waals surface area contributed by atoms with Crippen molar-refractivity contribution in [3.63, 3.8) is 0 Å². The first-order chi connectivity index (χ1) is 30.5. The lowest BCUT2D eigenvalue weighted by molar-refractivity contribution is 0.357. The number of nitrogen functional groups attached to an aromatic ring is 2. The fraction of sp³-hybridized carbons (Fsp3) is 0.395. The van der Waals surface area contributed by atoms with E-state index in [9.17, 15) is 38.8 Å². The molecule has 0 aliphatic heterocycles. The SMILES string of the molecule is CCCCc1nc2c(N)nc3ccccc3c2n1CCCCNS(=O)(=O)c1c(F)c(F)c(F)c(F)c1F.CCCCc1nc2c(N)nc3ccccc3c2n1CCCCNS(C)(=O)=O. The van der Waals surface area contributed by atoms with E-state index in [1.54, 1.807) is 0 Å². The largest absolute Gasteiger partial charge is 0.382 e. The highest BCUT2D eigenvalue weighted by Gasteiger charge is 2.33. The number of unbranched alkanes of at least 4 members (excludes halogenated alkanes) is 4. The highest BCUT2D eigenvalue weighted by molar-refractivity contribution is 7.89. The number of rotatable bonds is 19. The number of sulfonamides is 2. The monoisotopic (exact) mass is 930 g/mol. The summed E-state index contributed by atoms with van der Waals surface area (Å²) in [6.07, 6.45) is 8.98. The molecule has 14 nitrogen and oxygen atoms in total. The standard InChI is InChI=1S/C24H24F5N5O2S.C19H27N5O2S/c1-2-3-10-15-33-21-22(13-8-4-5-9-14(13)32-24(21)30)34(15)12-7-6-11-31-37(35,36)23-19(28)17(26)16(25)18(27)20(23)29;1-3-4-11-16-23-17-18(14-9-5-6-10-15(14)22-19(17)20)24(16)13-8-7-12-21-27(2,25)26/h4-5,8-9,31H,2-3,6-7,10-12H2,1H3,(H2,30,32);5-6,9-10,21H,3-4,7-8,11-13H2,1-2H3,(H2,20,22). The van der Waals surface area contributed by atoms with Gasteiger partial charge in [-0.3, -0.25) is 0 Å². The third-order valence-electron chi connectivity index (χ3n) is 10.6. The highest BCUT2D eigenvalue weighted by atomic mass is 32.2. The average Bonchev–Trinajstić information content (AvgIpc) is 3.82. The van der Waals surface area contributed by atoms with Gasteiger partial charge in [0.15, 0.2) is 39.8 Å². The van der Waals surface area contributed by atoms with E-state index in [0.717, 1.165) is 96.0 Å². The van der Waals surface area contributed by atoms with Crippen LogP contribution in [-0.2, 0) is 46.0 Å². The van der Waals surface area contributed by atoms with E-state index < -0.39 is 54.0 Å². The number of nitrogens with zero attached hydrogens (tertiary/aromatic N) is 6. The molecule has 0 saturated heterocycles. The Morgan fingerprint density at radius 1 is 0.562 bits per heavy atom. The maximum atomic E-state index is 13.9. The molecule has 0 unspecified atom stereocenters. The van der Waals surface area contributed by atoms with Gasteiger partial charge in [0.2, 0.25) is 25.9 Å². The highest BCUT2D eigenvalue weighted by Crippen LogP contribution is 2.32. The maximum Gasteiger partial charge on any atom is 0.246 e. The predicted octanol–water partition coefficient (Wildman–Crippen LogP) is 7.80. The summed E-state index contributed by atoms with van der Waals surface area (Å²) in [6, 6.07) is 15.4. The van der Waals surface area contributed by atoms with Crippen LogP contribution in [-0.4, -0.2) is 65.3 Å². The lowest BCUT2D eigenvalue weighted by Gasteiger charge is -2.12. The summed E-state index contributed by atoms with van der Waals surface area (Å²) in [6.45, 7) is 5.56. The van der Waals surface area contributed by atoms with Crippen LogP contribution in [0.4, 0.5) is 33.6 Å². The van der Waals surface area contributed by atoms with Gasteiger partial charge in [-0.1, -0.05) is 63.1 Å². The van der Waals surface area contributed by atoms with E-state index in [1.807, 2.05) is 51.8 Å². The number of fused-ring (bicyclic) bond motifs is 6. The topological polar surface area (TPSA) is 206 Å². The minimum Gasteiger partial charge on any atom is -0.382 e. The van der Waals surface area contributed by atoms with Gasteiger partial charge in [0.05, 0.1) is 28.3 Å². The fourth-order valence-corrected chi connectivity index (χ4v) is 9.21. The van der Waals surface area contributed by atoms with E-state index in [0.29, 0.717) is 48.6 Å². The van der Waals surface area contributed by atoms with Crippen molar-refractivity contribution in [2.75, 3.05) is 30.8 Å². The number of halogens is 5. The molecule has 0 saturated carbocycles. The van der Waals surface area contributed by atoms with Gasteiger partial charge in [-0.15, -0.1) is 0 Å². The van der Waals surface area contributed by atoms with Gasteiger partial charge in [-0.2, -0.15) is 0 Å². The van der Waals surface area contributed by atoms with Gasteiger partial charge in [0.1, 0.15) is 22.7 Å². The number of nitrogens with one attached hydrogen (secondary N) is 2. The second-order valence-electron chi connectivity index (χ2n) is 15.4. The molecule has 0 spiro atoms. The second kappa shape index (κ2) is 20.5. The van der Waals surface area contributed by atoms with Crippen LogP contribution in [0.15, 0.2) is 53.4 Å². The molecule has 0 atom stereocenters. The fourth-order valence-electron chi connectivity index (χ4n) is 7.49. The van der Waals surface area contributed by atoms with E-state index in [4.69, 9.17) is 21.4 Å². The zero-order valence-electron chi connectivity index (χ0n) is 35.7. The predicted molar refractivity (Wildman–Crippen MR) is 239 cm³/mol. The van der Waals surface area contributed by atoms with Crippen LogP contribution in [0, 0.1) is 29.1 Å². The minimum absolute atomic E-state index is 0.208. The molecule has 64 heavy (non-hydrogen) atoms. The lowest BCUT2D eigenvalue weighted by Crippen LogP contribution is -2.28. The third-order valence-corrected chi connectivity index (χ3v) is 12.8. The van der Waals surface area contributed by atoms with Crippen molar-refractivity contribution in [3.8, 4) is 0 Å². The van der Waals surface area contributed by atoms with Crippen LogP contribution < -0.4 is 20.9 Å². The first-order valence-electron chi connectivity index (χ1n) is 21.0. The summed E-state index contributed by atoms with van der Waals surface area (Å²) < 4.78 is 124. The number of nitrogens with two attached hydrogens (primary N) is 2. The number of benzene rings is 3. The van der Waals surface area contributed by atoms with Crippen molar-refractivity contribution < 1.29 is 38.8 Å². The summed E-state index contributed by atoms with van der Waals surface area (Å²) in [4.78, 5) is 16.5. The van der Waals surface area contributed by atoms with Crippen LogP contribution in [0.1, 0.15) is 76.9 Å². The molecule has 0 bridgehead atoms. The molecule has 0 aliphatic rings. The van der Waals surface area contributed by atoms with Gasteiger partial charge in [0.25, 0.3) is 0 Å². The molecule has 7 rings (SSSR count). The van der Waals surface area contributed by atoms with E-state index in [-0.39, 0.29) is 13.0 Å². The Morgan fingerprint density at radius 3 is 1.39 bits per heavy atom. The van der Waals surface area contributed by atoms with Crippen LogP contribution in [0.2, 0.25) is 0 Å². The Morgan fingerprint density at radius 2 is 0.969 bits per heavy atom. The first-order valence-corrected chi connectivity index (χ1v) is 24.4. The van der Waals surface area contributed by atoms with Gasteiger partial charge in [0, 0.05) is 49.8 Å². The van der Waals surface area contributed by atoms with Crippen molar-refractivity contribution in [1.82, 2.24) is 38.5 Å². The summed E-state index contributed by atoms with van der Waals surface area (Å²) >= 11 is 0. The zero-order valence-corrected chi connectivity index (χ0v) is 37.3. The van der Waals surface area contributed by atoms with Crippen LogP contribution >= 0.6 is 0 Å². The number of aryl methyl sites for hydroxylation is 4. The van der Waals surface area contributed by atoms with Crippen molar-refractivity contribution in [1.29, 1.82) is 0 Å². The van der Waals surface area contributed by atoms with Crippen LogP contribution in [0.5, 0.6) is 0 Å². The number of aromatic nitrogens is 6. The number of imidazole rings is 2. The van der Waals surface area contributed by atoms with Crippen LogP contribution in [0.3, 0.4) is 0 Å². The third kappa shape index (κ3) is 10.5.